The van der Waals surface area contributed by atoms with Gasteiger partial charge < -0.3 is 5.11 Å². The zero-order valence-corrected chi connectivity index (χ0v) is 11.2. The first-order chi connectivity index (χ1) is 8.54. The van der Waals surface area contributed by atoms with Crippen molar-refractivity contribution in [2.24, 2.45) is 0 Å². The van der Waals surface area contributed by atoms with Gasteiger partial charge in [-0.25, -0.2) is 4.98 Å². The van der Waals surface area contributed by atoms with E-state index in [1.807, 2.05) is 0 Å². The van der Waals surface area contributed by atoms with Crippen molar-refractivity contribution in [3.8, 4) is 11.1 Å². The fraction of sp³-hybridized carbons (Fsp3) is 0.0833. The Hall–Kier alpha value is -0.870. The molecule has 0 saturated heterocycles. The van der Waals surface area contributed by atoms with Gasteiger partial charge in [0.05, 0.1) is 16.7 Å². The largest absolute Gasteiger partial charge is 0.392 e. The van der Waals surface area contributed by atoms with Gasteiger partial charge in [-0.1, -0.05) is 34.8 Å². The normalized spacial score (nSPS) is 10.7. The van der Waals surface area contributed by atoms with E-state index >= 15 is 0 Å². The summed E-state index contributed by atoms with van der Waals surface area (Å²) < 4.78 is 13.8. The molecule has 0 aliphatic carbocycles. The maximum atomic E-state index is 13.8. The highest BCUT2D eigenvalue weighted by Crippen LogP contribution is 2.39. The molecule has 6 heteroatoms. The van der Waals surface area contributed by atoms with E-state index in [2.05, 4.69) is 4.98 Å². The Kier molecular flexibility index (Phi) is 4.07. The van der Waals surface area contributed by atoms with Crippen LogP contribution in [-0.4, -0.2) is 10.1 Å². The van der Waals surface area contributed by atoms with Gasteiger partial charge in [0.25, 0.3) is 0 Å². The summed E-state index contributed by atoms with van der Waals surface area (Å²) in [5.41, 5.74) is 0.720. The summed E-state index contributed by atoms with van der Waals surface area (Å²) in [6.45, 7) is -0.343. The molecular formula is C12H7Cl3FNO. The van der Waals surface area contributed by atoms with Crippen LogP contribution in [0.5, 0.6) is 0 Å². The van der Waals surface area contributed by atoms with Crippen LogP contribution in [0.3, 0.4) is 0 Å². The van der Waals surface area contributed by atoms with Crippen molar-refractivity contribution >= 4 is 34.8 Å². The molecule has 1 heterocycles. The van der Waals surface area contributed by atoms with Crippen molar-refractivity contribution in [1.82, 2.24) is 4.98 Å². The topological polar surface area (TPSA) is 33.1 Å². The fourth-order valence-corrected chi connectivity index (χ4v) is 2.66. The van der Waals surface area contributed by atoms with Crippen LogP contribution in [0.25, 0.3) is 11.1 Å². The van der Waals surface area contributed by atoms with Gasteiger partial charge in [0.15, 0.2) is 0 Å². The Balaban J connectivity index is 2.77. The van der Waals surface area contributed by atoms with E-state index in [1.54, 1.807) is 0 Å². The van der Waals surface area contributed by atoms with E-state index in [0.717, 1.165) is 0 Å². The molecule has 94 valence electrons. The Bertz CT molecular complexity index is 581. The molecule has 0 amide bonds. The molecule has 1 aromatic heterocycles. The Morgan fingerprint density at radius 3 is 2.28 bits per heavy atom. The lowest BCUT2D eigenvalue weighted by molar-refractivity contribution is 0.281. The van der Waals surface area contributed by atoms with Gasteiger partial charge in [-0.3, -0.25) is 0 Å². The highest BCUT2D eigenvalue weighted by Gasteiger charge is 2.18. The first kappa shape index (κ1) is 13.6. The number of hydrogen-bond donors (Lipinski definition) is 1. The predicted molar refractivity (Wildman–Crippen MR) is 70.6 cm³/mol. The van der Waals surface area contributed by atoms with Crippen molar-refractivity contribution in [3.63, 3.8) is 0 Å². The van der Waals surface area contributed by atoms with Crippen molar-refractivity contribution in [2.75, 3.05) is 0 Å². The van der Waals surface area contributed by atoms with Gasteiger partial charge in [0, 0.05) is 22.3 Å². The minimum absolute atomic E-state index is 0.0895. The zero-order valence-electron chi connectivity index (χ0n) is 8.92. The van der Waals surface area contributed by atoms with Crippen molar-refractivity contribution in [3.05, 3.63) is 51.0 Å². The summed E-state index contributed by atoms with van der Waals surface area (Å²) in [7, 11) is 0. The molecule has 18 heavy (non-hydrogen) atoms. The van der Waals surface area contributed by atoms with Gasteiger partial charge in [-0.2, -0.15) is 4.39 Å². The number of pyridine rings is 1. The summed E-state index contributed by atoms with van der Waals surface area (Å²) in [5.74, 6) is -0.743. The third-order valence-corrected chi connectivity index (χ3v) is 3.23. The summed E-state index contributed by atoms with van der Waals surface area (Å²) in [5, 5.41) is 9.99. The zero-order chi connectivity index (χ0) is 13.3. The number of nitrogens with zero attached hydrogens (tertiary/aromatic N) is 1. The molecular weight excluding hydrogens is 299 g/mol. The van der Waals surface area contributed by atoms with Gasteiger partial charge in [-0.05, 0) is 23.8 Å². The lowest BCUT2D eigenvalue weighted by atomic mass is 10.0. The van der Waals surface area contributed by atoms with Gasteiger partial charge in [-0.15, -0.1) is 0 Å². The van der Waals surface area contributed by atoms with Crippen LogP contribution in [0.15, 0.2) is 24.4 Å². The summed E-state index contributed by atoms with van der Waals surface area (Å²) in [4.78, 5) is 3.54. The molecule has 2 rings (SSSR count). The van der Waals surface area contributed by atoms with Crippen LogP contribution in [-0.2, 0) is 6.61 Å². The molecule has 0 bridgehead atoms. The third-order valence-electron chi connectivity index (χ3n) is 2.42. The average molecular weight is 307 g/mol. The standard InChI is InChI=1S/C12H7Cl3FNO/c13-7-3-8(14)11(9(15)4-7)10-6(5-18)1-2-17-12(10)16/h1-4,18H,5H2. The summed E-state index contributed by atoms with van der Waals surface area (Å²) >= 11 is 17.8. The quantitative estimate of drug-likeness (QED) is 0.837. The summed E-state index contributed by atoms with van der Waals surface area (Å²) in [6, 6.07) is 4.41. The average Bonchev–Trinajstić information content (AvgIpc) is 2.29. The number of aliphatic hydroxyl groups is 1. The first-order valence-corrected chi connectivity index (χ1v) is 6.07. The Morgan fingerprint density at radius 2 is 1.72 bits per heavy atom. The number of halogens is 4. The number of aliphatic hydroxyl groups excluding tert-OH is 1. The molecule has 1 aromatic carbocycles. The third kappa shape index (κ3) is 2.45. The van der Waals surface area contributed by atoms with Crippen molar-refractivity contribution in [1.29, 1.82) is 0 Å². The molecule has 2 aromatic rings. The molecule has 1 N–H and O–H groups in total. The van der Waals surface area contributed by atoms with E-state index in [9.17, 15) is 9.50 Å². The smallest absolute Gasteiger partial charge is 0.221 e. The minimum Gasteiger partial charge on any atom is -0.392 e. The second-order valence-electron chi connectivity index (χ2n) is 3.54. The van der Waals surface area contributed by atoms with Crippen LogP contribution in [0.4, 0.5) is 4.39 Å². The number of rotatable bonds is 2. The monoisotopic (exact) mass is 305 g/mol. The molecule has 0 atom stereocenters. The van der Waals surface area contributed by atoms with E-state index in [-0.39, 0.29) is 27.8 Å². The van der Waals surface area contributed by atoms with Crippen LogP contribution >= 0.6 is 34.8 Å². The molecule has 0 aliphatic heterocycles. The Labute approximate surface area is 118 Å². The van der Waals surface area contributed by atoms with Gasteiger partial charge >= 0.3 is 0 Å². The highest BCUT2D eigenvalue weighted by molar-refractivity contribution is 6.41. The maximum absolute atomic E-state index is 13.8. The molecule has 0 aliphatic rings. The fourth-order valence-electron chi connectivity index (χ4n) is 1.65. The number of benzene rings is 1. The maximum Gasteiger partial charge on any atom is 0.221 e. The van der Waals surface area contributed by atoms with E-state index < -0.39 is 5.95 Å². The van der Waals surface area contributed by atoms with Gasteiger partial charge in [0.2, 0.25) is 5.95 Å². The van der Waals surface area contributed by atoms with Crippen LogP contribution in [0.1, 0.15) is 5.56 Å². The molecule has 0 unspecified atom stereocenters. The van der Waals surface area contributed by atoms with Crippen LogP contribution in [0.2, 0.25) is 15.1 Å². The number of hydrogen-bond acceptors (Lipinski definition) is 2. The van der Waals surface area contributed by atoms with Gasteiger partial charge in [0.1, 0.15) is 0 Å². The van der Waals surface area contributed by atoms with Crippen LogP contribution < -0.4 is 0 Å². The summed E-state index contributed by atoms with van der Waals surface area (Å²) in [6.07, 6.45) is 1.27. The van der Waals surface area contributed by atoms with E-state index in [4.69, 9.17) is 34.8 Å². The van der Waals surface area contributed by atoms with E-state index in [0.29, 0.717) is 10.6 Å². The van der Waals surface area contributed by atoms with Crippen molar-refractivity contribution in [2.45, 2.75) is 6.61 Å². The molecule has 0 spiro atoms. The first-order valence-electron chi connectivity index (χ1n) is 4.93. The highest BCUT2D eigenvalue weighted by atomic mass is 35.5. The van der Waals surface area contributed by atoms with Crippen LogP contribution in [0, 0.1) is 5.95 Å². The second kappa shape index (κ2) is 5.41. The van der Waals surface area contributed by atoms with E-state index in [1.165, 1.54) is 24.4 Å². The SMILES string of the molecule is OCc1ccnc(F)c1-c1c(Cl)cc(Cl)cc1Cl. The molecule has 0 saturated carbocycles. The predicted octanol–water partition coefficient (Wildman–Crippen LogP) is 4.34. The lowest BCUT2D eigenvalue weighted by Gasteiger charge is -2.12. The van der Waals surface area contributed by atoms with Crippen molar-refractivity contribution < 1.29 is 9.50 Å². The molecule has 2 nitrogen and oxygen atoms in total. The minimum atomic E-state index is -0.743. The number of aromatic nitrogens is 1. The Morgan fingerprint density at radius 1 is 1.11 bits per heavy atom. The lowest BCUT2D eigenvalue weighted by Crippen LogP contribution is -1.97. The molecule has 0 radical (unpaired) electrons. The molecule has 0 fully saturated rings. The second-order valence-corrected chi connectivity index (χ2v) is 4.79.